The van der Waals surface area contributed by atoms with Crippen LogP contribution in [0.25, 0.3) is 5.69 Å². The van der Waals surface area contributed by atoms with E-state index in [2.05, 4.69) is 4.98 Å². The third-order valence-corrected chi connectivity index (χ3v) is 3.11. The first-order valence-corrected chi connectivity index (χ1v) is 6.00. The van der Waals surface area contributed by atoms with Crippen molar-refractivity contribution < 1.29 is 4.79 Å². The van der Waals surface area contributed by atoms with Crippen LogP contribution in [0.2, 0.25) is 0 Å². The van der Waals surface area contributed by atoms with Crippen LogP contribution in [0.4, 0.5) is 0 Å². The molecule has 19 heavy (non-hydrogen) atoms. The number of amides is 1. The minimum atomic E-state index is -0.228. The molecule has 0 unspecified atom stereocenters. The molecule has 0 N–H and O–H groups in total. The van der Waals surface area contributed by atoms with Crippen LogP contribution in [-0.2, 0) is 7.05 Å². The van der Waals surface area contributed by atoms with Crippen molar-refractivity contribution in [2.45, 2.75) is 6.92 Å². The number of aromatic nitrogens is 3. The van der Waals surface area contributed by atoms with Gasteiger partial charge in [-0.05, 0) is 19.1 Å². The van der Waals surface area contributed by atoms with E-state index in [1.54, 1.807) is 54.4 Å². The Balaban J connectivity index is 2.50. The largest absolute Gasteiger partial charge is 0.341 e. The Hall–Kier alpha value is -2.37. The van der Waals surface area contributed by atoms with Crippen molar-refractivity contribution in [2.24, 2.45) is 7.05 Å². The van der Waals surface area contributed by atoms with Crippen LogP contribution in [0.1, 0.15) is 17.4 Å². The maximum absolute atomic E-state index is 12.2. The standard InChI is InChI=1S/C13H16N4O2/c1-4-15(2)12(18)10-5-6-11(13(19)16(10)3)17-8-7-14-9-17/h5-9H,4H2,1-3H3. The zero-order valence-corrected chi connectivity index (χ0v) is 11.2. The van der Waals surface area contributed by atoms with E-state index in [0.717, 1.165) is 0 Å². The second-order valence-corrected chi connectivity index (χ2v) is 4.26. The first-order chi connectivity index (χ1) is 9.06. The molecule has 2 aromatic rings. The fourth-order valence-electron chi connectivity index (χ4n) is 1.77. The quantitative estimate of drug-likeness (QED) is 0.814. The molecule has 0 aliphatic rings. The average Bonchev–Trinajstić information content (AvgIpc) is 2.94. The summed E-state index contributed by atoms with van der Waals surface area (Å²) >= 11 is 0. The van der Waals surface area contributed by atoms with Crippen molar-refractivity contribution in [1.82, 2.24) is 19.0 Å². The summed E-state index contributed by atoms with van der Waals surface area (Å²) in [5, 5.41) is 0. The van der Waals surface area contributed by atoms with Crippen molar-refractivity contribution in [3.63, 3.8) is 0 Å². The summed E-state index contributed by atoms with van der Waals surface area (Å²) in [7, 11) is 3.30. The molecule has 0 aliphatic heterocycles. The molecule has 2 heterocycles. The molecular weight excluding hydrogens is 244 g/mol. The topological polar surface area (TPSA) is 60.1 Å². The Labute approximate surface area is 110 Å². The summed E-state index contributed by atoms with van der Waals surface area (Å²) in [4.78, 5) is 29.8. The molecule has 0 aromatic carbocycles. The van der Waals surface area contributed by atoms with Crippen molar-refractivity contribution in [1.29, 1.82) is 0 Å². The van der Waals surface area contributed by atoms with Crippen LogP contribution in [0.3, 0.4) is 0 Å². The number of hydrogen-bond donors (Lipinski definition) is 0. The molecule has 2 rings (SSSR count). The minimum Gasteiger partial charge on any atom is -0.341 e. The molecule has 6 heteroatoms. The van der Waals surface area contributed by atoms with Crippen molar-refractivity contribution in [2.75, 3.05) is 13.6 Å². The van der Waals surface area contributed by atoms with Crippen LogP contribution >= 0.6 is 0 Å². The van der Waals surface area contributed by atoms with Gasteiger partial charge in [0.1, 0.15) is 11.4 Å². The van der Waals surface area contributed by atoms with Gasteiger partial charge in [0.25, 0.3) is 11.5 Å². The molecule has 0 radical (unpaired) electrons. The predicted octanol–water partition coefficient (Wildman–Crippen LogP) is 0.663. The van der Waals surface area contributed by atoms with Gasteiger partial charge in [0.05, 0.1) is 6.33 Å². The molecule has 2 aromatic heterocycles. The Morgan fingerprint density at radius 2 is 2.16 bits per heavy atom. The van der Waals surface area contributed by atoms with Gasteiger partial charge in [-0.15, -0.1) is 0 Å². The number of imidazole rings is 1. The maximum atomic E-state index is 12.2. The van der Waals surface area contributed by atoms with E-state index in [1.165, 1.54) is 4.57 Å². The van der Waals surface area contributed by atoms with Gasteiger partial charge in [0.15, 0.2) is 0 Å². The van der Waals surface area contributed by atoms with Gasteiger partial charge in [-0.2, -0.15) is 0 Å². The zero-order valence-electron chi connectivity index (χ0n) is 11.2. The van der Waals surface area contributed by atoms with Gasteiger partial charge in [-0.25, -0.2) is 4.98 Å². The van der Waals surface area contributed by atoms with E-state index in [0.29, 0.717) is 17.9 Å². The third kappa shape index (κ3) is 2.29. The van der Waals surface area contributed by atoms with Gasteiger partial charge >= 0.3 is 0 Å². The first kappa shape index (κ1) is 13.1. The van der Waals surface area contributed by atoms with Crippen molar-refractivity contribution >= 4 is 5.91 Å². The molecule has 1 amide bonds. The molecule has 100 valence electrons. The first-order valence-electron chi connectivity index (χ1n) is 6.00. The van der Waals surface area contributed by atoms with Crippen LogP contribution in [0.15, 0.2) is 35.6 Å². The van der Waals surface area contributed by atoms with Crippen LogP contribution in [0, 0.1) is 0 Å². The number of carbonyl (C=O) groups excluding carboxylic acids is 1. The van der Waals surface area contributed by atoms with Gasteiger partial charge in [0.2, 0.25) is 0 Å². The highest BCUT2D eigenvalue weighted by molar-refractivity contribution is 5.92. The van der Waals surface area contributed by atoms with Crippen LogP contribution in [-0.4, -0.2) is 38.5 Å². The van der Waals surface area contributed by atoms with Gasteiger partial charge < -0.3 is 14.0 Å². The summed E-state index contributed by atoms with van der Waals surface area (Å²) < 4.78 is 2.99. The fourth-order valence-corrected chi connectivity index (χ4v) is 1.77. The van der Waals surface area contributed by atoms with Crippen LogP contribution in [0.5, 0.6) is 0 Å². The predicted molar refractivity (Wildman–Crippen MR) is 71.4 cm³/mol. The molecular formula is C13H16N4O2. The number of pyridine rings is 1. The molecule has 0 saturated carbocycles. The van der Waals surface area contributed by atoms with E-state index in [4.69, 9.17) is 0 Å². The third-order valence-electron chi connectivity index (χ3n) is 3.11. The lowest BCUT2D eigenvalue weighted by molar-refractivity contribution is 0.0791. The number of carbonyl (C=O) groups is 1. The Morgan fingerprint density at radius 1 is 1.42 bits per heavy atom. The molecule has 6 nitrogen and oxygen atoms in total. The lowest BCUT2D eigenvalue weighted by Gasteiger charge is -2.17. The summed E-state index contributed by atoms with van der Waals surface area (Å²) in [5.74, 6) is -0.167. The zero-order chi connectivity index (χ0) is 14.0. The highest BCUT2D eigenvalue weighted by Gasteiger charge is 2.15. The maximum Gasteiger partial charge on any atom is 0.275 e. The van der Waals surface area contributed by atoms with E-state index >= 15 is 0 Å². The molecule has 0 aliphatic carbocycles. The average molecular weight is 260 g/mol. The minimum absolute atomic E-state index is 0.167. The SMILES string of the molecule is CCN(C)C(=O)c1ccc(-n2ccnc2)c(=O)n1C. The van der Waals surface area contributed by atoms with Crippen molar-refractivity contribution in [3.8, 4) is 5.69 Å². The normalized spacial score (nSPS) is 10.5. The Kier molecular flexibility index (Phi) is 3.50. The fraction of sp³-hybridized carbons (Fsp3) is 0.308. The Bertz CT molecular complexity index is 643. The van der Waals surface area contributed by atoms with Crippen molar-refractivity contribution in [3.05, 3.63) is 46.9 Å². The summed E-state index contributed by atoms with van der Waals surface area (Å²) in [6.45, 7) is 2.48. The van der Waals surface area contributed by atoms with Gasteiger partial charge in [-0.1, -0.05) is 0 Å². The van der Waals surface area contributed by atoms with E-state index in [9.17, 15) is 9.59 Å². The summed E-state index contributed by atoms with van der Waals surface area (Å²) in [6, 6.07) is 3.30. The highest BCUT2D eigenvalue weighted by Crippen LogP contribution is 2.06. The highest BCUT2D eigenvalue weighted by atomic mass is 16.2. The molecule has 0 bridgehead atoms. The van der Waals surface area contributed by atoms with Gasteiger partial charge in [-0.3, -0.25) is 9.59 Å². The molecule has 0 saturated heterocycles. The smallest absolute Gasteiger partial charge is 0.275 e. The van der Waals surface area contributed by atoms with Crippen LogP contribution < -0.4 is 5.56 Å². The van der Waals surface area contributed by atoms with Gasteiger partial charge in [0, 0.05) is 33.0 Å². The summed E-state index contributed by atoms with van der Waals surface area (Å²) in [5.41, 5.74) is 0.613. The molecule has 0 fully saturated rings. The molecule has 0 atom stereocenters. The lowest BCUT2D eigenvalue weighted by atomic mass is 10.3. The van der Waals surface area contributed by atoms with E-state index in [1.807, 2.05) is 6.92 Å². The number of rotatable bonds is 3. The van der Waals surface area contributed by atoms with E-state index in [-0.39, 0.29) is 11.5 Å². The summed E-state index contributed by atoms with van der Waals surface area (Å²) in [6.07, 6.45) is 4.84. The monoisotopic (exact) mass is 260 g/mol. The number of nitrogens with zero attached hydrogens (tertiary/aromatic N) is 4. The Morgan fingerprint density at radius 3 is 2.74 bits per heavy atom. The number of hydrogen-bond acceptors (Lipinski definition) is 3. The van der Waals surface area contributed by atoms with E-state index < -0.39 is 0 Å². The lowest BCUT2D eigenvalue weighted by Crippen LogP contribution is -2.33. The molecule has 0 spiro atoms. The second-order valence-electron chi connectivity index (χ2n) is 4.26. The second kappa shape index (κ2) is 5.09.